The molecule has 3 aromatic carbocycles. The number of carbonyl (C=O) groups excluding carboxylic acids is 4. The van der Waals surface area contributed by atoms with Crippen molar-refractivity contribution in [1.29, 1.82) is 0 Å². The molecule has 0 bridgehead atoms. The molecule has 3 atom stereocenters. The van der Waals surface area contributed by atoms with Gasteiger partial charge >= 0.3 is 12.1 Å². The number of benzene rings is 3. The molecule has 0 radical (unpaired) electrons. The van der Waals surface area contributed by atoms with Gasteiger partial charge in [0, 0.05) is 41.5 Å². The van der Waals surface area contributed by atoms with E-state index in [9.17, 15) is 19.2 Å². The van der Waals surface area contributed by atoms with Gasteiger partial charge in [-0.15, -0.1) is 0 Å². The Morgan fingerprint density at radius 2 is 1.73 bits per heavy atom. The Balaban J connectivity index is 1.22. The normalized spacial score (nSPS) is 19.5. The molecule has 44 heavy (non-hydrogen) atoms. The number of rotatable bonds is 6. The number of urea groups is 1. The van der Waals surface area contributed by atoms with Crippen molar-refractivity contribution < 1.29 is 23.9 Å². The van der Waals surface area contributed by atoms with Crippen LogP contribution in [0, 0.1) is 0 Å². The second kappa shape index (κ2) is 11.7. The molecule has 2 saturated heterocycles. The maximum atomic E-state index is 13.9. The van der Waals surface area contributed by atoms with Crippen molar-refractivity contribution in [2.24, 2.45) is 0 Å². The molecule has 2 aliphatic rings. The van der Waals surface area contributed by atoms with Crippen molar-refractivity contribution >= 4 is 51.3 Å². The van der Waals surface area contributed by atoms with Gasteiger partial charge in [0.2, 0.25) is 11.8 Å². The Labute approximate surface area is 255 Å². The third-order valence-corrected chi connectivity index (χ3v) is 8.29. The number of imide groups is 1. The number of piperidine rings is 1. The summed E-state index contributed by atoms with van der Waals surface area (Å²) in [7, 11) is 0. The fraction of sp³-hybridized carbons (Fsp3) is 0.353. The molecular weight excluding hydrogens is 558 g/mol. The molecule has 0 aliphatic carbocycles. The topological polar surface area (TPSA) is 124 Å². The molecule has 2 fully saturated rings. The predicted molar refractivity (Wildman–Crippen MR) is 168 cm³/mol. The van der Waals surface area contributed by atoms with Crippen LogP contribution in [-0.2, 0) is 20.7 Å². The Kier molecular flexibility index (Phi) is 7.75. The van der Waals surface area contributed by atoms with E-state index in [1.807, 2.05) is 66.9 Å². The van der Waals surface area contributed by atoms with Gasteiger partial charge in [-0.2, -0.15) is 0 Å². The summed E-state index contributed by atoms with van der Waals surface area (Å²) in [6.07, 6.45) is 2.71. The van der Waals surface area contributed by atoms with Crippen molar-refractivity contribution in [3.8, 4) is 0 Å². The molecule has 2 aliphatic heterocycles. The summed E-state index contributed by atoms with van der Waals surface area (Å²) in [6.45, 7) is 5.77. The average Bonchev–Trinajstić information content (AvgIpc) is 3.39. The maximum Gasteiger partial charge on any atom is 0.408 e. The number of anilines is 1. The number of hydrogen-bond donors (Lipinski definition) is 3. The molecule has 0 unspecified atom stereocenters. The van der Waals surface area contributed by atoms with Gasteiger partial charge in [-0.05, 0) is 56.7 Å². The van der Waals surface area contributed by atoms with Crippen LogP contribution in [0.1, 0.15) is 45.6 Å². The van der Waals surface area contributed by atoms with Crippen LogP contribution in [0.2, 0.25) is 0 Å². The van der Waals surface area contributed by atoms with Gasteiger partial charge in [-0.1, -0.05) is 54.6 Å². The quantitative estimate of drug-likeness (QED) is 0.281. The van der Waals surface area contributed by atoms with Gasteiger partial charge in [-0.25, -0.2) is 14.5 Å². The lowest BCUT2D eigenvalue weighted by Gasteiger charge is -2.47. The third-order valence-electron chi connectivity index (χ3n) is 8.29. The highest BCUT2D eigenvalue weighted by molar-refractivity contribution is 6.20. The molecule has 0 spiro atoms. The minimum Gasteiger partial charge on any atom is -0.444 e. The monoisotopic (exact) mass is 595 g/mol. The van der Waals surface area contributed by atoms with E-state index < -0.39 is 35.7 Å². The Morgan fingerprint density at radius 1 is 1.00 bits per heavy atom. The van der Waals surface area contributed by atoms with Gasteiger partial charge in [0.15, 0.2) is 0 Å². The number of aromatic amines is 1. The number of aromatic nitrogens is 1. The second-order valence-electron chi connectivity index (χ2n) is 12.5. The van der Waals surface area contributed by atoms with E-state index >= 15 is 0 Å². The van der Waals surface area contributed by atoms with Gasteiger partial charge in [-0.3, -0.25) is 9.59 Å². The lowest BCUT2D eigenvalue weighted by Crippen LogP contribution is -2.66. The van der Waals surface area contributed by atoms with Crippen LogP contribution >= 0.6 is 0 Å². The molecule has 10 nitrogen and oxygen atoms in total. The predicted octanol–water partition coefficient (Wildman–Crippen LogP) is 5.26. The first-order valence-corrected chi connectivity index (χ1v) is 15.1. The fourth-order valence-corrected chi connectivity index (χ4v) is 6.32. The van der Waals surface area contributed by atoms with E-state index in [2.05, 4.69) is 15.6 Å². The molecule has 3 heterocycles. The number of ether oxygens (including phenoxy) is 1. The number of nitrogens with one attached hydrogen (secondary N) is 3. The molecule has 4 aromatic rings. The highest BCUT2D eigenvalue weighted by Crippen LogP contribution is 2.34. The summed E-state index contributed by atoms with van der Waals surface area (Å²) in [4.78, 5) is 60.3. The molecule has 5 amide bonds. The molecule has 1 aromatic heterocycles. The van der Waals surface area contributed by atoms with Gasteiger partial charge in [0.05, 0.1) is 18.2 Å². The van der Waals surface area contributed by atoms with Crippen LogP contribution in [0.4, 0.5) is 15.3 Å². The van der Waals surface area contributed by atoms with E-state index in [1.54, 1.807) is 31.7 Å². The van der Waals surface area contributed by atoms with Crippen molar-refractivity contribution in [2.45, 2.75) is 70.2 Å². The minimum absolute atomic E-state index is 0.0759. The molecule has 10 heteroatoms. The molecule has 0 saturated carbocycles. The number of amides is 5. The molecule has 6 rings (SSSR count). The number of alkyl carbamates (subject to hydrolysis) is 1. The molecular formula is C34H37N5O5. The number of hydrogen-bond acceptors (Lipinski definition) is 5. The summed E-state index contributed by atoms with van der Waals surface area (Å²) < 4.78 is 5.47. The van der Waals surface area contributed by atoms with E-state index in [0.717, 1.165) is 27.2 Å². The first kappa shape index (κ1) is 29.2. The van der Waals surface area contributed by atoms with Crippen LogP contribution < -0.4 is 15.5 Å². The lowest BCUT2D eigenvalue weighted by atomic mass is 9.90. The van der Waals surface area contributed by atoms with E-state index in [-0.39, 0.29) is 24.8 Å². The maximum absolute atomic E-state index is 13.9. The summed E-state index contributed by atoms with van der Waals surface area (Å²) >= 11 is 0. The van der Waals surface area contributed by atoms with Crippen molar-refractivity contribution in [1.82, 2.24) is 20.5 Å². The van der Waals surface area contributed by atoms with Gasteiger partial charge in [0.25, 0.3) is 0 Å². The summed E-state index contributed by atoms with van der Waals surface area (Å²) in [5.74, 6) is -0.708. The minimum atomic E-state index is -0.943. The van der Waals surface area contributed by atoms with E-state index in [1.165, 1.54) is 4.90 Å². The van der Waals surface area contributed by atoms with Crippen molar-refractivity contribution in [3.63, 3.8) is 0 Å². The van der Waals surface area contributed by atoms with Gasteiger partial charge < -0.3 is 25.3 Å². The number of para-hydroxylation sites is 1. The van der Waals surface area contributed by atoms with Crippen LogP contribution in [0.15, 0.2) is 72.9 Å². The smallest absolute Gasteiger partial charge is 0.408 e. The largest absolute Gasteiger partial charge is 0.444 e. The Bertz CT molecular complexity index is 1740. The second-order valence-corrected chi connectivity index (χ2v) is 12.5. The van der Waals surface area contributed by atoms with Crippen molar-refractivity contribution in [3.05, 3.63) is 78.5 Å². The Morgan fingerprint density at radius 3 is 2.52 bits per heavy atom. The summed E-state index contributed by atoms with van der Waals surface area (Å²) in [6, 6.07) is 18.7. The summed E-state index contributed by atoms with van der Waals surface area (Å²) in [5, 5.41) is 8.57. The third kappa shape index (κ3) is 5.84. The fourth-order valence-electron chi connectivity index (χ4n) is 6.32. The highest BCUT2D eigenvalue weighted by atomic mass is 16.6. The molecule has 3 N–H and O–H groups in total. The van der Waals surface area contributed by atoms with E-state index in [4.69, 9.17) is 4.74 Å². The first-order valence-electron chi connectivity index (χ1n) is 15.1. The van der Waals surface area contributed by atoms with Crippen LogP contribution in [0.25, 0.3) is 21.7 Å². The van der Waals surface area contributed by atoms with Crippen LogP contribution in [0.3, 0.4) is 0 Å². The first-order chi connectivity index (χ1) is 21.1. The average molecular weight is 596 g/mol. The highest BCUT2D eigenvalue weighted by Gasteiger charge is 2.45. The number of carbonyl (C=O) groups is 4. The Hall–Kier alpha value is -4.86. The van der Waals surface area contributed by atoms with Crippen LogP contribution in [0.5, 0.6) is 0 Å². The van der Waals surface area contributed by atoms with Gasteiger partial charge in [0.1, 0.15) is 11.6 Å². The summed E-state index contributed by atoms with van der Waals surface area (Å²) in [5.41, 5.74) is 1.62. The number of H-pyrrole nitrogens is 1. The van der Waals surface area contributed by atoms with Crippen molar-refractivity contribution in [2.75, 3.05) is 11.4 Å². The SMILES string of the molecule is CC(C)(C)OC(=O)N[C@H](Cc1c[nH]c2ccccc12)C(=O)N[C@H]1CCCN2C(=O)N(c3cccc4ccccc34)C(=O)C[C@H]12. The number of nitrogens with zero attached hydrogens (tertiary/aromatic N) is 2. The standard InChI is InChI=1S/C34H37N5O5/c1-34(2,3)44-32(42)37-27(18-22-20-35-25-14-7-6-12-23(22)25)31(41)36-26-15-9-17-38-29(26)19-30(40)39(33(38)43)28-16-8-11-21-10-4-5-13-24(21)28/h4-8,10-14,16,20,26-27,29,35H,9,15,17-19H2,1-3H3,(H,36,41)(H,37,42)/t26-,27+,29+/m0/s1. The lowest BCUT2D eigenvalue weighted by molar-refractivity contribution is -0.126. The number of fused-ring (bicyclic) bond motifs is 3. The molecule has 228 valence electrons. The zero-order valence-corrected chi connectivity index (χ0v) is 25.1. The zero-order valence-electron chi connectivity index (χ0n) is 25.1. The van der Waals surface area contributed by atoms with Crippen LogP contribution in [-0.4, -0.2) is 64.1 Å². The van der Waals surface area contributed by atoms with E-state index in [0.29, 0.717) is 25.1 Å². The zero-order chi connectivity index (χ0) is 31.0.